The standard InChI is InChI=1S/C21H26N2O8/c24-15-12-9(6-10-19(15)31-7-30-10)11-13(22-20(28)8-4-2-1-3-5-8)16(25)18(27)17(26)14(11)23-21(12)29/h6,8,11,13-14,16-18,24-27H,1-5,7H2,(H,22,28)(H,23,29)/t11?,13-,14-,16+,17+,18-/m1/s1. The molecule has 2 aliphatic heterocycles. The van der Waals surface area contributed by atoms with E-state index in [4.69, 9.17) is 9.47 Å². The van der Waals surface area contributed by atoms with Crippen molar-refractivity contribution in [3.8, 4) is 17.2 Å². The van der Waals surface area contributed by atoms with Crippen LogP contribution in [0.25, 0.3) is 0 Å². The summed E-state index contributed by atoms with van der Waals surface area (Å²) in [5, 5.41) is 47.9. The number of hydrogen-bond donors (Lipinski definition) is 6. The molecule has 0 saturated heterocycles. The van der Waals surface area contributed by atoms with E-state index in [0.29, 0.717) is 5.56 Å². The fourth-order valence-corrected chi connectivity index (χ4v) is 5.43. The van der Waals surface area contributed by atoms with Crippen molar-refractivity contribution in [1.82, 2.24) is 10.6 Å². The first-order valence-electron chi connectivity index (χ1n) is 10.7. The molecule has 4 aliphatic rings. The number of phenolic OH excluding ortho intramolecular Hbond substituents is 1. The zero-order valence-corrected chi connectivity index (χ0v) is 16.8. The Kier molecular flexibility index (Phi) is 4.95. The number of carbonyl (C=O) groups excluding carboxylic acids is 2. The smallest absolute Gasteiger partial charge is 0.255 e. The average Bonchev–Trinajstić information content (AvgIpc) is 3.25. The number of hydrogen-bond acceptors (Lipinski definition) is 8. The number of fused-ring (bicyclic) bond motifs is 4. The van der Waals surface area contributed by atoms with Gasteiger partial charge in [-0.1, -0.05) is 19.3 Å². The van der Waals surface area contributed by atoms with Gasteiger partial charge in [-0.25, -0.2) is 0 Å². The highest BCUT2D eigenvalue weighted by atomic mass is 16.7. The predicted molar refractivity (Wildman–Crippen MR) is 105 cm³/mol. The molecule has 6 atom stereocenters. The highest BCUT2D eigenvalue weighted by Gasteiger charge is 2.54. The van der Waals surface area contributed by atoms with E-state index in [1.54, 1.807) is 0 Å². The maximum atomic E-state index is 13.0. The van der Waals surface area contributed by atoms with E-state index in [0.717, 1.165) is 32.1 Å². The zero-order valence-electron chi connectivity index (χ0n) is 16.8. The SMILES string of the molecule is O=C1N[C@@H]2C(c3cc4c(c(O)c31)OCO4)[C@@H](NC(=O)C1CCCCC1)[C@H](O)[C@@H](O)[C@H]2O. The summed E-state index contributed by atoms with van der Waals surface area (Å²) in [6, 6.07) is -0.434. The van der Waals surface area contributed by atoms with Gasteiger partial charge in [-0.15, -0.1) is 0 Å². The highest BCUT2D eigenvalue weighted by molar-refractivity contribution is 6.01. The molecule has 0 bridgehead atoms. The first-order valence-corrected chi connectivity index (χ1v) is 10.7. The summed E-state index contributed by atoms with van der Waals surface area (Å²) < 4.78 is 10.6. The lowest BCUT2D eigenvalue weighted by molar-refractivity contribution is -0.138. The fourth-order valence-electron chi connectivity index (χ4n) is 5.43. The van der Waals surface area contributed by atoms with Crippen LogP contribution in [0.5, 0.6) is 17.2 Å². The number of carbonyl (C=O) groups is 2. The third-order valence-electron chi connectivity index (χ3n) is 7.05. The van der Waals surface area contributed by atoms with Crippen LogP contribution < -0.4 is 20.1 Å². The molecule has 0 radical (unpaired) electrons. The number of aliphatic hydroxyl groups excluding tert-OH is 3. The Morgan fingerprint density at radius 2 is 1.81 bits per heavy atom. The Hall–Kier alpha value is -2.56. The maximum Gasteiger partial charge on any atom is 0.255 e. The number of amides is 2. The minimum atomic E-state index is -1.57. The molecule has 0 aromatic heterocycles. The molecule has 168 valence electrons. The van der Waals surface area contributed by atoms with Crippen LogP contribution in [0.1, 0.15) is 53.9 Å². The number of rotatable bonds is 2. The Bertz CT molecular complexity index is 915. The van der Waals surface area contributed by atoms with Crippen molar-refractivity contribution in [2.24, 2.45) is 5.92 Å². The van der Waals surface area contributed by atoms with Crippen molar-refractivity contribution < 1.29 is 39.5 Å². The van der Waals surface area contributed by atoms with Crippen molar-refractivity contribution in [3.63, 3.8) is 0 Å². The molecule has 1 unspecified atom stereocenters. The molecule has 1 aromatic carbocycles. The number of benzene rings is 1. The van der Waals surface area contributed by atoms with Crippen LogP contribution in [-0.2, 0) is 4.79 Å². The topological polar surface area (TPSA) is 158 Å². The van der Waals surface area contributed by atoms with Gasteiger partial charge >= 0.3 is 0 Å². The average molecular weight is 434 g/mol. The third kappa shape index (κ3) is 3.12. The maximum absolute atomic E-state index is 13.0. The lowest BCUT2D eigenvalue weighted by Gasteiger charge is -2.49. The lowest BCUT2D eigenvalue weighted by Crippen LogP contribution is -2.70. The van der Waals surface area contributed by atoms with Gasteiger partial charge < -0.3 is 40.5 Å². The van der Waals surface area contributed by atoms with Gasteiger partial charge in [-0.3, -0.25) is 9.59 Å². The second-order valence-corrected chi connectivity index (χ2v) is 8.79. The zero-order chi connectivity index (χ0) is 21.9. The van der Waals surface area contributed by atoms with Gasteiger partial charge in [-0.05, 0) is 24.5 Å². The molecule has 2 fully saturated rings. The molecular formula is C21H26N2O8. The molecule has 5 rings (SSSR count). The van der Waals surface area contributed by atoms with E-state index < -0.39 is 48.0 Å². The van der Waals surface area contributed by atoms with Gasteiger partial charge in [0.05, 0.1) is 17.6 Å². The van der Waals surface area contributed by atoms with E-state index in [1.807, 2.05) is 0 Å². The molecule has 2 saturated carbocycles. The van der Waals surface area contributed by atoms with Crippen LogP contribution in [0.2, 0.25) is 0 Å². The largest absolute Gasteiger partial charge is 0.504 e. The monoisotopic (exact) mass is 434 g/mol. The van der Waals surface area contributed by atoms with Crippen molar-refractivity contribution in [1.29, 1.82) is 0 Å². The minimum absolute atomic E-state index is 0.0482. The Labute approximate surface area is 178 Å². The predicted octanol–water partition coefficient (Wildman–Crippen LogP) is -0.522. The van der Waals surface area contributed by atoms with E-state index in [2.05, 4.69) is 10.6 Å². The molecule has 2 amide bonds. The summed E-state index contributed by atoms with van der Waals surface area (Å²) >= 11 is 0. The first-order chi connectivity index (χ1) is 14.9. The molecule has 2 aliphatic carbocycles. The second kappa shape index (κ2) is 7.54. The third-order valence-corrected chi connectivity index (χ3v) is 7.05. The molecule has 0 spiro atoms. The lowest BCUT2D eigenvalue weighted by atomic mass is 9.68. The van der Waals surface area contributed by atoms with Crippen molar-refractivity contribution in [2.75, 3.05) is 6.79 Å². The second-order valence-electron chi connectivity index (χ2n) is 8.79. The highest BCUT2D eigenvalue weighted by Crippen LogP contribution is 2.50. The summed E-state index contributed by atoms with van der Waals surface area (Å²) in [7, 11) is 0. The Morgan fingerprint density at radius 1 is 1.06 bits per heavy atom. The van der Waals surface area contributed by atoms with Gasteiger partial charge in [0, 0.05) is 11.8 Å². The van der Waals surface area contributed by atoms with Gasteiger partial charge in [0.15, 0.2) is 11.5 Å². The van der Waals surface area contributed by atoms with Crippen LogP contribution >= 0.6 is 0 Å². The Morgan fingerprint density at radius 3 is 2.55 bits per heavy atom. The van der Waals surface area contributed by atoms with Gasteiger partial charge in [0.25, 0.3) is 5.91 Å². The molecular weight excluding hydrogens is 408 g/mol. The van der Waals surface area contributed by atoms with E-state index >= 15 is 0 Å². The minimum Gasteiger partial charge on any atom is -0.504 e. The number of nitrogens with one attached hydrogen (secondary N) is 2. The van der Waals surface area contributed by atoms with Crippen LogP contribution in [0, 0.1) is 5.92 Å². The molecule has 6 N–H and O–H groups in total. The van der Waals surface area contributed by atoms with E-state index in [-0.39, 0.29) is 35.7 Å². The number of aromatic hydroxyl groups is 1. The molecule has 31 heavy (non-hydrogen) atoms. The number of phenols is 1. The Balaban J connectivity index is 1.56. The van der Waals surface area contributed by atoms with Gasteiger partial charge in [0.2, 0.25) is 18.4 Å². The molecule has 1 aromatic rings. The molecule has 10 nitrogen and oxygen atoms in total. The van der Waals surface area contributed by atoms with Crippen molar-refractivity contribution >= 4 is 11.8 Å². The van der Waals surface area contributed by atoms with E-state index in [1.165, 1.54) is 6.07 Å². The number of ether oxygens (including phenoxy) is 2. The van der Waals surface area contributed by atoms with Gasteiger partial charge in [0.1, 0.15) is 18.3 Å². The molecule has 10 heteroatoms. The van der Waals surface area contributed by atoms with Crippen LogP contribution in [0.4, 0.5) is 0 Å². The summed E-state index contributed by atoms with van der Waals surface area (Å²) in [6.45, 7) is -0.118. The van der Waals surface area contributed by atoms with E-state index in [9.17, 15) is 30.0 Å². The summed E-state index contributed by atoms with van der Waals surface area (Å²) in [5.41, 5.74) is 0.257. The quantitative estimate of drug-likeness (QED) is 0.363. The van der Waals surface area contributed by atoms with Crippen molar-refractivity contribution in [3.05, 3.63) is 17.2 Å². The van der Waals surface area contributed by atoms with Crippen molar-refractivity contribution in [2.45, 2.75) is 68.4 Å². The summed E-state index contributed by atoms with van der Waals surface area (Å²) in [4.78, 5) is 25.7. The normalized spacial score (nSPS) is 34.5. The van der Waals surface area contributed by atoms with Crippen LogP contribution in [0.15, 0.2) is 6.07 Å². The first kappa shape index (κ1) is 20.3. The fraction of sp³-hybridized carbons (Fsp3) is 0.619. The summed E-state index contributed by atoms with van der Waals surface area (Å²) in [5.74, 6) is -1.97. The van der Waals surface area contributed by atoms with Gasteiger partial charge in [-0.2, -0.15) is 0 Å². The summed E-state index contributed by atoms with van der Waals surface area (Å²) in [6.07, 6.45) is -0.0168. The van der Waals surface area contributed by atoms with Crippen LogP contribution in [0.3, 0.4) is 0 Å². The van der Waals surface area contributed by atoms with Crippen LogP contribution in [-0.4, -0.2) is 69.4 Å². The number of aliphatic hydroxyl groups is 3. The molecule has 2 heterocycles.